The molecule has 0 radical (unpaired) electrons. The Morgan fingerprint density at radius 1 is 1.38 bits per heavy atom. The highest BCUT2D eigenvalue weighted by atomic mass is 16.2. The van der Waals surface area contributed by atoms with Gasteiger partial charge in [-0.1, -0.05) is 31.2 Å². The predicted molar refractivity (Wildman–Crippen MR) is 92.3 cm³/mol. The van der Waals surface area contributed by atoms with E-state index in [1.807, 2.05) is 19.1 Å². The molecule has 2 atom stereocenters. The lowest BCUT2D eigenvalue weighted by Gasteiger charge is -2.26. The number of benzene rings is 1. The van der Waals surface area contributed by atoms with Gasteiger partial charge in [0.25, 0.3) is 0 Å². The monoisotopic (exact) mass is 331 g/mol. The first-order valence-electron chi connectivity index (χ1n) is 8.21. The summed E-state index contributed by atoms with van der Waals surface area (Å²) in [5.74, 6) is -0.293. The second-order valence-electron chi connectivity index (χ2n) is 6.03. The van der Waals surface area contributed by atoms with Crippen LogP contribution in [-0.4, -0.2) is 41.2 Å². The van der Waals surface area contributed by atoms with E-state index in [9.17, 15) is 9.59 Å². The minimum absolute atomic E-state index is 0.0120. The van der Waals surface area contributed by atoms with Crippen LogP contribution in [0.5, 0.6) is 0 Å². The van der Waals surface area contributed by atoms with E-state index in [4.69, 9.17) is 16.9 Å². The summed E-state index contributed by atoms with van der Waals surface area (Å²) in [7, 11) is 0. The summed E-state index contributed by atoms with van der Waals surface area (Å²) in [5, 5.41) is 10.2. The highest BCUT2D eigenvalue weighted by Gasteiger charge is 2.35. The molecule has 6 N–H and O–H groups in total. The molecule has 2 unspecified atom stereocenters. The van der Waals surface area contributed by atoms with Gasteiger partial charge in [0.2, 0.25) is 11.8 Å². The topological polar surface area (TPSA) is 125 Å². The van der Waals surface area contributed by atoms with Gasteiger partial charge in [-0.3, -0.25) is 15.0 Å². The second-order valence-corrected chi connectivity index (χ2v) is 6.03. The van der Waals surface area contributed by atoms with Crippen molar-refractivity contribution in [2.24, 2.45) is 11.5 Å². The van der Waals surface area contributed by atoms with Crippen LogP contribution in [0, 0.1) is 5.41 Å². The fourth-order valence-corrected chi connectivity index (χ4v) is 2.80. The molecule has 7 heteroatoms. The molecule has 1 aliphatic heterocycles. The van der Waals surface area contributed by atoms with E-state index in [1.54, 1.807) is 17.0 Å². The van der Waals surface area contributed by atoms with Crippen LogP contribution in [0.15, 0.2) is 24.3 Å². The number of carbonyl (C=O) groups excluding carboxylic acids is 2. The summed E-state index contributed by atoms with van der Waals surface area (Å²) in [6, 6.07) is 6.15. The highest BCUT2D eigenvalue weighted by Crippen LogP contribution is 2.19. The lowest BCUT2D eigenvalue weighted by molar-refractivity contribution is -0.139. The van der Waals surface area contributed by atoms with Crippen LogP contribution >= 0.6 is 0 Å². The molecule has 2 rings (SSSR count). The van der Waals surface area contributed by atoms with Crippen molar-refractivity contribution in [3.05, 3.63) is 35.4 Å². The van der Waals surface area contributed by atoms with Crippen molar-refractivity contribution >= 4 is 17.6 Å². The van der Waals surface area contributed by atoms with Crippen LogP contribution in [0.2, 0.25) is 0 Å². The van der Waals surface area contributed by atoms with E-state index in [-0.39, 0.29) is 17.6 Å². The van der Waals surface area contributed by atoms with Gasteiger partial charge in [0.05, 0.1) is 6.04 Å². The molecular weight excluding hydrogens is 306 g/mol. The van der Waals surface area contributed by atoms with Crippen LogP contribution in [0.1, 0.15) is 37.3 Å². The number of carbonyl (C=O) groups is 2. The lowest BCUT2D eigenvalue weighted by atomic mass is 10.1. The zero-order chi connectivity index (χ0) is 17.7. The Hall–Kier alpha value is -2.41. The normalized spacial score (nSPS) is 18.2. The molecule has 130 valence electrons. The lowest BCUT2D eigenvalue weighted by Crippen LogP contribution is -2.50. The highest BCUT2D eigenvalue weighted by molar-refractivity contribution is 5.95. The minimum Gasteiger partial charge on any atom is -0.384 e. The Balaban J connectivity index is 1.93. The molecule has 1 saturated heterocycles. The standard InChI is InChI=1S/C17H25N5O2/c1-2-13(18)17(24)22-9-3-4-14(22)16(23)21-10-11-5-7-12(8-6-11)15(19)20/h5-8,13-14H,2-4,9-10,18H2,1H3,(H3,19,20)(H,21,23). The quantitative estimate of drug-likeness (QED) is 0.442. The second kappa shape index (κ2) is 7.92. The Kier molecular flexibility index (Phi) is 5.92. The summed E-state index contributed by atoms with van der Waals surface area (Å²) in [6.07, 6.45) is 2.04. The smallest absolute Gasteiger partial charge is 0.243 e. The van der Waals surface area contributed by atoms with Crippen LogP contribution < -0.4 is 16.8 Å². The molecule has 0 bridgehead atoms. The number of amidine groups is 1. The van der Waals surface area contributed by atoms with Crippen molar-refractivity contribution in [1.29, 1.82) is 5.41 Å². The van der Waals surface area contributed by atoms with E-state index < -0.39 is 12.1 Å². The Morgan fingerprint density at radius 3 is 2.62 bits per heavy atom. The number of hydrogen-bond donors (Lipinski definition) is 4. The summed E-state index contributed by atoms with van der Waals surface area (Å²) in [6.45, 7) is 2.81. The maximum Gasteiger partial charge on any atom is 0.243 e. The van der Waals surface area contributed by atoms with Crippen LogP contribution in [0.4, 0.5) is 0 Å². The van der Waals surface area contributed by atoms with E-state index >= 15 is 0 Å². The zero-order valence-electron chi connectivity index (χ0n) is 13.9. The van der Waals surface area contributed by atoms with Gasteiger partial charge in [-0.2, -0.15) is 0 Å². The molecule has 1 heterocycles. The van der Waals surface area contributed by atoms with Gasteiger partial charge in [0.1, 0.15) is 11.9 Å². The number of hydrogen-bond acceptors (Lipinski definition) is 4. The first-order chi connectivity index (χ1) is 11.4. The van der Waals surface area contributed by atoms with Crippen LogP contribution in [-0.2, 0) is 16.1 Å². The number of likely N-dealkylation sites (tertiary alicyclic amines) is 1. The van der Waals surface area contributed by atoms with Gasteiger partial charge >= 0.3 is 0 Å². The average Bonchev–Trinajstić information content (AvgIpc) is 3.08. The molecule has 0 saturated carbocycles. The van der Waals surface area contributed by atoms with E-state index in [2.05, 4.69) is 5.32 Å². The van der Waals surface area contributed by atoms with Gasteiger partial charge in [-0.05, 0) is 24.8 Å². The van der Waals surface area contributed by atoms with E-state index in [0.717, 1.165) is 12.0 Å². The fraction of sp³-hybridized carbons (Fsp3) is 0.471. The minimum atomic E-state index is -0.544. The van der Waals surface area contributed by atoms with Gasteiger partial charge in [0, 0.05) is 18.7 Å². The third-order valence-corrected chi connectivity index (χ3v) is 4.33. The largest absolute Gasteiger partial charge is 0.384 e. The molecule has 0 aromatic heterocycles. The van der Waals surface area contributed by atoms with Gasteiger partial charge in [-0.15, -0.1) is 0 Å². The predicted octanol–water partition coefficient (Wildman–Crippen LogP) is 0.315. The number of nitrogens with two attached hydrogens (primary N) is 2. The van der Waals surface area contributed by atoms with Gasteiger partial charge in [-0.25, -0.2) is 0 Å². The molecular formula is C17H25N5O2. The molecule has 1 aromatic carbocycles. The Labute approximate surface area is 141 Å². The van der Waals surface area contributed by atoms with Gasteiger partial charge in [0.15, 0.2) is 0 Å². The summed E-state index contributed by atoms with van der Waals surface area (Å²) in [4.78, 5) is 26.3. The third-order valence-electron chi connectivity index (χ3n) is 4.33. The molecule has 0 spiro atoms. The molecule has 1 fully saturated rings. The molecule has 1 aliphatic rings. The van der Waals surface area contributed by atoms with Gasteiger partial charge < -0.3 is 21.7 Å². The maximum atomic E-state index is 12.4. The van der Waals surface area contributed by atoms with E-state index in [0.29, 0.717) is 31.5 Å². The first-order valence-corrected chi connectivity index (χ1v) is 8.21. The fourth-order valence-electron chi connectivity index (χ4n) is 2.80. The first kappa shape index (κ1) is 17.9. The third kappa shape index (κ3) is 4.11. The van der Waals surface area contributed by atoms with Crippen LogP contribution in [0.3, 0.4) is 0 Å². The summed E-state index contributed by atoms with van der Waals surface area (Å²) < 4.78 is 0. The van der Waals surface area contributed by atoms with Crippen molar-refractivity contribution in [1.82, 2.24) is 10.2 Å². The van der Waals surface area contributed by atoms with Crippen molar-refractivity contribution in [2.75, 3.05) is 6.54 Å². The number of nitrogens with zero attached hydrogens (tertiary/aromatic N) is 1. The summed E-state index contributed by atoms with van der Waals surface area (Å²) >= 11 is 0. The zero-order valence-corrected chi connectivity index (χ0v) is 13.9. The Bertz CT molecular complexity index is 614. The average molecular weight is 331 g/mol. The van der Waals surface area contributed by atoms with Crippen molar-refractivity contribution in [2.45, 2.75) is 44.8 Å². The Morgan fingerprint density at radius 2 is 2.04 bits per heavy atom. The maximum absolute atomic E-state index is 12.4. The molecule has 7 nitrogen and oxygen atoms in total. The van der Waals surface area contributed by atoms with Crippen molar-refractivity contribution in [3.63, 3.8) is 0 Å². The van der Waals surface area contributed by atoms with Crippen molar-refractivity contribution in [3.8, 4) is 0 Å². The number of nitrogens with one attached hydrogen (secondary N) is 2. The number of amides is 2. The van der Waals surface area contributed by atoms with Crippen LogP contribution in [0.25, 0.3) is 0 Å². The summed E-state index contributed by atoms with van der Waals surface area (Å²) in [5.41, 5.74) is 12.8. The number of rotatable bonds is 6. The number of nitrogen functional groups attached to an aromatic ring is 1. The SMILES string of the molecule is CCC(N)C(=O)N1CCCC1C(=O)NCc1ccc(C(=N)N)cc1. The molecule has 2 amide bonds. The molecule has 1 aromatic rings. The van der Waals surface area contributed by atoms with E-state index in [1.165, 1.54) is 0 Å². The van der Waals surface area contributed by atoms with Crippen molar-refractivity contribution < 1.29 is 9.59 Å². The molecule has 0 aliphatic carbocycles. The molecule has 24 heavy (non-hydrogen) atoms.